The number of benzene rings is 2. The normalized spacial score (nSPS) is 15.5. The average molecular weight is 618 g/mol. The van der Waals surface area contributed by atoms with Crippen LogP contribution >= 0.6 is 11.6 Å². The zero-order valence-electron chi connectivity index (χ0n) is 24.6. The van der Waals surface area contributed by atoms with E-state index in [1.54, 1.807) is 37.4 Å². The van der Waals surface area contributed by atoms with Gasteiger partial charge in [-0.25, -0.2) is 4.79 Å². The predicted molar refractivity (Wildman–Crippen MR) is 166 cm³/mol. The number of aromatic nitrogens is 2. The van der Waals surface area contributed by atoms with Gasteiger partial charge in [-0.1, -0.05) is 11.6 Å². The molecule has 4 aromatic rings. The Hall–Kier alpha value is -4.41. The number of anilines is 1. The highest BCUT2D eigenvalue weighted by molar-refractivity contribution is 6.31. The van der Waals surface area contributed by atoms with Crippen molar-refractivity contribution in [3.8, 4) is 16.9 Å². The molecule has 1 saturated carbocycles. The molecular weight excluding hydrogens is 586 g/mol. The molecule has 10 nitrogen and oxygen atoms in total. The summed E-state index contributed by atoms with van der Waals surface area (Å²) in [6.45, 7) is 1.84. The maximum absolute atomic E-state index is 13.8. The van der Waals surface area contributed by atoms with Crippen LogP contribution in [0.25, 0.3) is 22.0 Å². The van der Waals surface area contributed by atoms with Crippen LogP contribution in [0.3, 0.4) is 0 Å². The lowest BCUT2D eigenvalue weighted by molar-refractivity contribution is -0.119. The lowest BCUT2D eigenvalue weighted by atomic mass is 9.88. The summed E-state index contributed by atoms with van der Waals surface area (Å²) in [5, 5.41) is 4.17. The first-order chi connectivity index (χ1) is 21.2. The molecule has 228 valence electrons. The summed E-state index contributed by atoms with van der Waals surface area (Å²) >= 11 is 6.24. The summed E-state index contributed by atoms with van der Waals surface area (Å²) in [4.78, 5) is 52.3. The van der Waals surface area contributed by atoms with Gasteiger partial charge in [0, 0.05) is 59.8 Å². The van der Waals surface area contributed by atoms with E-state index in [4.69, 9.17) is 25.8 Å². The molecule has 0 unspecified atom stereocenters. The summed E-state index contributed by atoms with van der Waals surface area (Å²) in [5.74, 6) is -0.619. The molecule has 3 heterocycles. The Morgan fingerprint density at radius 1 is 1.07 bits per heavy atom. The standard InChI is InChI=1S/C33H32ClN3O7/c1-19(38)23-9-7-21(34)16-24(23)25-17-30(39)36(18-29(25)43-3)27(6-4-13-42-2)31(40)35-22-8-10-26-20(14-22)15-28-32(41)44-33(37(26)28)11-5-12-33/h7-10,14-18,27H,4-6,11-13H2,1-3H3,(H,35,40)/t27-/m0/s1. The lowest BCUT2D eigenvalue weighted by Crippen LogP contribution is -2.39. The lowest BCUT2D eigenvalue weighted by Gasteiger charge is -2.38. The van der Waals surface area contributed by atoms with Crippen molar-refractivity contribution in [3.63, 3.8) is 0 Å². The summed E-state index contributed by atoms with van der Waals surface area (Å²) in [6.07, 6.45) is 4.87. The summed E-state index contributed by atoms with van der Waals surface area (Å²) in [6, 6.07) is 12.6. The number of nitrogens with one attached hydrogen (secondary N) is 1. The summed E-state index contributed by atoms with van der Waals surface area (Å²) in [7, 11) is 3.03. The number of halogens is 1. The molecule has 1 amide bonds. The van der Waals surface area contributed by atoms with Gasteiger partial charge < -0.3 is 19.5 Å². The van der Waals surface area contributed by atoms with Gasteiger partial charge in [0.1, 0.15) is 17.5 Å². The van der Waals surface area contributed by atoms with E-state index in [0.717, 1.165) is 30.2 Å². The van der Waals surface area contributed by atoms with Crippen molar-refractivity contribution in [2.45, 2.75) is 50.8 Å². The van der Waals surface area contributed by atoms with Crippen LogP contribution in [0.15, 0.2) is 59.5 Å². The molecule has 0 radical (unpaired) electrons. The van der Waals surface area contributed by atoms with E-state index in [1.165, 1.54) is 30.9 Å². The minimum absolute atomic E-state index is 0.190. The fourth-order valence-corrected chi connectivity index (χ4v) is 6.36. The highest BCUT2D eigenvalue weighted by Crippen LogP contribution is 2.48. The van der Waals surface area contributed by atoms with Crippen molar-refractivity contribution >= 4 is 45.9 Å². The number of ketones is 1. The molecule has 0 saturated heterocycles. The van der Waals surface area contributed by atoms with E-state index >= 15 is 0 Å². The van der Waals surface area contributed by atoms with Crippen molar-refractivity contribution in [2.75, 3.05) is 26.1 Å². The maximum atomic E-state index is 13.8. The molecule has 2 aromatic carbocycles. The van der Waals surface area contributed by atoms with E-state index in [2.05, 4.69) is 5.32 Å². The Kier molecular flexibility index (Phi) is 7.81. The van der Waals surface area contributed by atoms with Gasteiger partial charge in [-0.05, 0) is 74.2 Å². The number of rotatable bonds is 10. The number of hydrogen-bond acceptors (Lipinski definition) is 7. The molecular formula is C33H32ClN3O7. The van der Waals surface area contributed by atoms with Crippen molar-refractivity contribution < 1.29 is 28.6 Å². The second-order valence-corrected chi connectivity index (χ2v) is 11.7. The van der Waals surface area contributed by atoms with Gasteiger partial charge in [-0.2, -0.15) is 0 Å². The Bertz CT molecular complexity index is 1870. The van der Waals surface area contributed by atoms with Gasteiger partial charge in [0.05, 0.1) is 18.8 Å². The Morgan fingerprint density at radius 2 is 1.86 bits per heavy atom. The summed E-state index contributed by atoms with van der Waals surface area (Å²) in [5.41, 5.74) is 2.10. The van der Waals surface area contributed by atoms with Crippen LogP contribution < -0.4 is 15.6 Å². The number of ether oxygens (including phenoxy) is 3. The number of hydrogen-bond donors (Lipinski definition) is 1. The highest BCUT2D eigenvalue weighted by atomic mass is 35.5. The number of Topliss-reactive ketones (excluding diaryl/α,β-unsaturated/α-hetero) is 1. The van der Waals surface area contributed by atoms with Crippen LogP contribution in [-0.4, -0.2) is 47.6 Å². The molecule has 1 aliphatic carbocycles. The van der Waals surface area contributed by atoms with Crippen LogP contribution in [0.2, 0.25) is 5.02 Å². The van der Waals surface area contributed by atoms with E-state index in [-0.39, 0.29) is 11.8 Å². The molecule has 2 aromatic heterocycles. The molecule has 11 heteroatoms. The zero-order valence-corrected chi connectivity index (χ0v) is 25.4. The molecule has 44 heavy (non-hydrogen) atoms. The monoisotopic (exact) mass is 617 g/mol. The molecule has 1 atom stereocenters. The number of amides is 1. The number of pyridine rings is 1. The third kappa shape index (κ3) is 5.07. The van der Waals surface area contributed by atoms with Crippen LogP contribution in [-0.2, 0) is 20.0 Å². The fraction of sp³-hybridized carbons (Fsp3) is 0.333. The predicted octanol–water partition coefficient (Wildman–Crippen LogP) is 5.95. The summed E-state index contributed by atoms with van der Waals surface area (Å²) < 4.78 is 19.9. The zero-order chi connectivity index (χ0) is 31.2. The fourth-order valence-electron chi connectivity index (χ4n) is 6.19. The van der Waals surface area contributed by atoms with Crippen LogP contribution in [0.1, 0.15) is 65.9 Å². The first kappa shape index (κ1) is 29.7. The van der Waals surface area contributed by atoms with Gasteiger partial charge in [0.2, 0.25) is 5.91 Å². The second-order valence-electron chi connectivity index (χ2n) is 11.2. The number of carbonyl (C=O) groups is 3. The first-order valence-electron chi connectivity index (χ1n) is 14.5. The van der Waals surface area contributed by atoms with Crippen molar-refractivity contribution in [3.05, 3.63) is 81.4 Å². The van der Waals surface area contributed by atoms with Gasteiger partial charge >= 0.3 is 5.97 Å². The molecule has 1 aliphatic heterocycles. The molecule has 1 fully saturated rings. The van der Waals surface area contributed by atoms with E-state index in [9.17, 15) is 19.2 Å². The number of esters is 1. The van der Waals surface area contributed by atoms with Gasteiger partial charge in [-0.15, -0.1) is 0 Å². The number of carbonyl (C=O) groups excluding carboxylic acids is 3. The quantitative estimate of drug-likeness (QED) is 0.133. The Labute approximate surface area is 258 Å². The number of nitrogens with zero attached hydrogens (tertiary/aromatic N) is 2. The van der Waals surface area contributed by atoms with Crippen LogP contribution in [0.5, 0.6) is 5.75 Å². The molecule has 1 N–H and O–H groups in total. The number of methoxy groups -OCH3 is 2. The molecule has 6 rings (SSSR count). The number of fused-ring (bicyclic) bond motifs is 4. The van der Waals surface area contributed by atoms with Crippen LogP contribution in [0.4, 0.5) is 5.69 Å². The SMILES string of the molecule is COCCC[C@@H](C(=O)Nc1ccc2c(c1)cc1n2C2(CCC2)OC1=O)n1cc(OC)c(-c2cc(Cl)ccc2C(C)=O)cc1=O. The minimum atomic E-state index is -0.893. The molecule has 0 bridgehead atoms. The second kappa shape index (κ2) is 11.6. The third-order valence-electron chi connectivity index (χ3n) is 8.48. The smallest absolute Gasteiger partial charge is 0.357 e. The van der Waals surface area contributed by atoms with E-state index in [1.807, 2.05) is 16.7 Å². The Balaban J connectivity index is 1.34. The van der Waals surface area contributed by atoms with E-state index < -0.39 is 23.2 Å². The average Bonchev–Trinajstić information content (AvgIpc) is 3.50. The maximum Gasteiger partial charge on any atom is 0.357 e. The first-order valence-corrected chi connectivity index (χ1v) is 14.8. The van der Waals surface area contributed by atoms with Crippen molar-refractivity contribution in [1.29, 1.82) is 0 Å². The molecule has 1 spiro atoms. The third-order valence-corrected chi connectivity index (χ3v) is 8.72. The largest absolute Gasteiger partial charge is 0.495 e. The van der Waals surface area contributed by atoms with Crippen molar-refractivity contribution in [2.24, 2.45) is 0 Å². The highest BCUT2D eigenvalue weighted by Gasteiger charge is 2.50. The minimum Gasteiger partial charge on any atom is -0.495 e. The van der Waals surface area contributed by atoms with Gasteiger partial charge in [0.25, 0.3) is 5.56 Å². The van der Waals surface area contributed by atoms with Crippen molar-refractivity contribution in [1.82, 2.24) is 9.13 Å². The Morgan fingerprint density at radius 3 is 2.55 bits per heavy atom. The van der Waals surface area contributed by atoms with E-state index in [0.29, 0.717) is 58.3 Å². The topological polar surface area (TPSA) is 118 Å². The van der Waals surface area contributed by atoms with Gasteiger partial charge in [0.15, 0.2) is 11.5 Å². The molecule has 2 aliphatic rings. The van der Waals surface area contributed by atoms with Gasteiger partial charge in [-0.3, -0.25) is 23.5 Å². The van der Waals surface area contributed by atoms with Crippen LogP contribution in [0, 0.1) is 0 Å².